The Bertz CT molecular complexity index is 424. The number of methoxy groups -OCH3 is 1. The van der Waals surface area contributed by atoms with Crippen molar-refractivity contribution < 1.29 is 9.53 Å². The number of hydrogen-bond donors (Lipinski definition) is 0. The summed E-state index contributed by atoms with van der Waals surface area (Å²) in [4.78, 5) is 13.3. The van der Waals surface area contributed by atoms with Gasteiger partial charge in [-0.05, 0) is 26.0 Å². The summed E-state index contributed by atoms with van der Waals surface area (Å²) in [5.74, 6) is 0.812. The summed E-state index contributed by atoms with van der Waals surface area (Å²) >= 11 is 0. The molecule has 0 saturated carbocycles. The normalized spacial score (nSPS) is 10.6. The van der Waals surface area contributed by atoms with Crippen LogP contribution < -0.4 is 4.74 Å². The third-order valence-corrected chi connectivity index (χ3v) is 2.53. The Hall–Kier alpha value is -1.77. The first-order valence-corrected chi connectivity index (χ1v) is 5.59. The summed E-state index contributed by atoms with van der Waals surface area (Å²) in [7, 11) is 3.42. The van der Waals surface area contributed by atoms with E-state index in [2.05, 4.69) is 0 Å². The number of aryl methyl sites for hydroxylation is 1. The van der Waals surface area contributed by atoms with Crippen molar-refractivity contribution in [2.75, 3.05) is 14.2 Å². The summed E-state index contributed by atoms with van der Waals surface area (Å²) in [6.45, 7) is 4.41. The molecular formula is C14H19NO2. The molecule has 0 atom stereocenters. The molecule has 92 valence electrons. The average Bonchev–Trinajstić information content (AvgIpc) is 2.29. The van der Waals surface area contributed by atoms with Gasteiger partial charge in [0.05, 0.1) is 7.11 Å². The largest absolute Gasteiger partial charge is 0.496 e. The van der Waals surface area contributed by atoms with Crippen LogP contribution in [-0.4, -0.2) is 25.0 Å². The molecule has 0 fully saturated rings. The van der Waals surface area contributed by atoms with E-state index in [1.165, 1.54) is 0 Å². The number of likely N-dealkylation sites (N-methyl/N-ethyl adjacent to an activating group) is 1. The first-order valence-electron chi connectivity index (χ1n) is 5.59. The van der Waals surface area contributed by atoms with Crippen molar-refractivity contribution in [2.45, 2.75) is 20.4 Å². The summed E-state index contributed by atoms with van der Waals surface area (Å²) in [5, 5.41) is 0. The van der Waals surface area contributed by atoms with Crippen molar-refractivity contribution in [2.24, 2.45) is 0 Å². The van der Waals surface area contributed by atoms with Crippen LogP contribution >= 0.6 is 0 Å². The number of nitrogens with zero attached hydrogens (tertiary/aromatic N) is 1. The Kier molecular flexibility index (Phi) is 4.76. The third-order valence-electron chi connectivity index (χ3n) is 2.53. The van der Waals surface area contributed by atoms with Crippen LogP contribution in [0.4, 0.5) is 0 Å². The second-order valence-corrected chi connectivity index (χ2v) is 4.01. The van der Waals surface area contributed by atoms with Crippen molar-refractivity contribution >= 4 is 5.91 Å². The van der Waals surface area contributed by atoms with E-state index in [0.29, 0.717) is 6.54 Å². The lowest BCUT2D eigenvalue weighted by Crippen LogP contribution is -2.24. The van der Waals surface area contributed by atoms with Crippen LogP contribution in [0.2, 0.25) is 0 Å². The van der Waals surface area contributed by atoms with Crippen LogP contribution in [0.25, 0.3) is 0 Å². The number of allylic oxidation sites excluding steroid dienone is 1. The van der Waals surface area contributed by atoms with Crippen molar-refractivity contribution in [3.05, 3.63) is 41.5 Å². The van der Waals surface area contributed by atoms with Gasteiger partial charge in [-0.3, -0.25) is 4.79 Å². The minimum absolute atomic E-state index is 0.00365. The van der Waals surface area contributed by atoms with Gasteiger partial charge >= 0.3 is 0 Å². The highest BCUT2D eigenvalue weighted by atomic mass is 16.5. The Morgan fingerprint density at radius 1 is 1.47 bits per heavy atom. The van der Waals surface area contributed by atoms with E-state index in [4.69, 9.17) is 4.74 Å². The number of rotatable bonds is 4. The second kappa shape index (κ2) is 6.09. The Balaban J connectivity index is 2.86. The first-order chi connectivity index (χ1) is 8.08. The molecule has 0 bridgehead atoms. The molecular weight excluding hydrogens is 214 g/mol. The maximum atomic E-state index is 11.6. The van der Waals surface area contributed by atoms with Gasteiger partial charge in [0, 0.05) is 19.2 Å². The molecule has 0 aliphatic rings. The highest BCUT2D eigenvalue weighted by molar-refractivity contribution is 5.87. The number of ether oxygens (including phenoxy) is 1. The minimum atomic E-state index is -0.00365. The molecule has 0 aliphatic heterocycles. The van der Waals surface area contributed by atoms with Gasteiger partial charge < -0.3 is 9.64 Å². The maximum absolute atomic E-state index is 11.6. The molecule has 0 aliphatic carbocycles. The lowest BCUT2D eigenvalue weighted by atomic mass is 10.1. The maximum Gasteiger partial charge on any atom is 0.246 e. The predicted octanol–water partition coefficient (Wildman–Crippen LogP) is 2.54. The molecule has 0 saturated heterocycles. The van der Waals surface area contributed by atoms with Crippen LogP contribution in [0.15, 0.2) is 30.4 Å². The van der Waals surface area contributed by atoms with Crippen molar-refractivity contribution in [1.29, 1.82) is 0 Å². The molecule has 0 unspecified atom stereocenters. The SMILES string of the molecule is CC=CC(=O)N(C)Cc1cc(C)ccc1OC. The molecule has 3 nitrogen and oxygen atoms in total. The van der Waals surface area contributed by atoms with Gasteiger partial charge in [0.15, 0.2) is 0 Å². The minimum Gasteiger partial charge on any atom is -0.496 e. The van der Waals surface area contributed by atoms with Crippen molar-refractivity contribution in [3.63, 3.8) is 0 Å². The third kappa shape index (κ3) is 3.63. The van der Waals surface area contributed by atoms with E-state index < -0.39 is 0 Å². The number of benzene rings is 1. The van der Waals surface area contributed by atoms with Crippen LogP contribution in [-0.2, 0) is 11.3 Å². The monoisotopic (exact) mass is 233 g/mol. The van der Waals surface area contributed by atoms with Crippen molar-refractivity contribution in [3.8, 4) is 5.75 Å². The molecule has 0 aromatic heterocycles. The summed E-state index contributed by atoms with van der Waals surface area (Å²) in [6, 6.07) is 5.97. The topological polar surface area (TPSA) is 29.5 Å². The van der Waals surface area contributed by atoms with Gasteiger partial charge in [-0.25, -0.2) is 0 Å². The second-order valence-electron chi connectivity index (χ2n) is 4.01. The van der Waals surface area contributed by atoms with Crippen LogP contribution in [0, 0.1) is 6.92 Å². The smallest absolute Gasteiger partial charge is 0.246 e. The van der Waals surface area contributed by atoms with Crippen LogP contribution in [0.5, 0.6) is 5.75 Å². The highest BCUT2D eigenvalue weighted by Crippen LogP contribution is 2.20. The lowest BCUT2D eigenvalue weighted by molar-refractivity contribution is -0.125. The number of hydrogen-bond acceptors (Lipinski definition) is 2. The van der Waals surface area contributed by atoms with Crippen molar-refractivity contribution in [1.82, 2.24) is 4.90 Å². The van der Waals surface area contributed by atoms with E-state index in [0.717, 1.165) is 16.9 Å². The summed E-state index contributed by atoms with van der Waals surface area (Å²) in [5.41, 5.74) is 2.18. The molecule has 0 spiro atoms. The fourth-order valence-corrected chi connectivity index (χ4v) is 1.63. The molecule has 0 heterocycles. The average molecular weight is 233 g/mol. The van der Waals surface area contributed by atoms with Crippen LogP contribution in [0.3, 0.4) is 0 Å². The standard InChI is InChI=1S/C14H19NO2/c1-5-6-14(16)15(3)10-12-9-11(2)7-8-13(12)17-4/h5-9H,10H2,1-4H3. The fourth-order valence-electron chi connectivity index (χ4n) is 1.63. The highest BCUT2D eigenvalue weighted by Gasteiger charge is 2.09. The number of amides is 1. The zero-order valence-corrected chi connectivity index (χ0v) is 10.9. The molecule has 1 rings (SSSR count). The van der Waals surface area contributed by atoms with Gasteiger partial charge in [0.2, 0.25) is 5.91 Å². The van der Waals surface area contributed by atoms with E-state index in [-0.39, 0.29) is 5.91 Å². The summed E-state index contributed by atoms with van der Waals surface area (Å²) < 4.78 is 5.28. The lowest BCUT2D eigenvalue weighted by Gasteiger charge is -2.17. The van der Waals surface area contributed by atoms with Gasteiger partial charge in [0.1, 0.15) is 5.75 Å². The zero-order valence-electron chi connectivity index (χ0n) is 10.9. The number of carbonyl (C=O) groups excluding carboxylic acids is 1. The molecule has 0 radical (unpaired) electrons. The van der Waals surface area contributed by atoms with E-state index in [1.807, 2.05) is 32.0 Å². The first kappa shape index (κ1) is 13.3. The molecule has 1 aromatic carbocycles. The molecule has 1 aromatic rings. The molecule has 1 amide bonds. The number of carbonyl (C=O) groups is 1. The summed E-state index contributed by atoms with van der Waals surface area (Å²) in [6.07, 6.45) is 3.30. The van der Waals surface area contributed by atoms with E-state index >= 15 is 0 Å². The quantitative estimate of drug-likeness (QED) is 0.748. The Labute approximate surface area is 103 Å². The van der Waals surface area contributed by atoms with Crippen LogP contribution in [0.1, 0.15) is 18.1 Å². The van der Waals surface area contributed by atoms with E-state index in [1.54, 1.807) is 31.2 Å². The van der Waals surface area contributed by atoms with Gasteiger partial charge in [-0.1, -0.05) is 23.8 Å². The molecule has 0 N–H and O–H groups in total. The Morgan fingerprint density at radius 3 is 2.76 bits per heavy atom. The van der Waals surface area contributed by atoms with E-state index in [9.17, 15) is 4.79 Å². The van der Waals surface area contributed by atoms with Gasteiger partial charge in [-0.15, -0.1) is 0 Å². The fraction of sp³-hybridized carbons (Fsp3) is 0.357. The Morgan fingerprint density at radius 2 is 2.18 bits per heavy atom. The molecule has 3 heteroatoms. The zero-order chi connectivity index (χ0) is 12.8. The predicted molar refractivity (Wildman–Crippen MR) is 69.0 cm³/mol. The van der Waals surface area contributed by atoms with Gasteiger partial charge in [0.25, 0.3) is 0 Å². The van der Waals surface area contributed by atoms with Gasteiger partial charge in [-0.2, -0.15) is 0 Å². The molecule has 17 heavy (non-hydrogen) atoms.